The minimum Gasteiger partial charge on any atom is -0.459 e. The molecular formula is C20H23ClN4O6. The van der Waals surface area contributed by atoms with Crippen molar-refractivity contribution < 1.29 is 19.0 Å². The summed E-state index contributed by atoms with van der Waals surface area (Å²) < 4.78 is 17.5. The summed E-state index contributed by atoms with van der Waals surface area (Å²) in [6.45, 7) is 1.50. The molecule has 11 heteroatoms. The number of nitrogens with two attached hydrogens (primary N) is 1. The lowest BCUT2D eigenvalue weighted by Gasteiger charge is -2.15. The van der Waals surface area contributed by atoms with Gasteiger partial charge in [0.25, 0.3) is 5.56 Å². The van der Waals surface area contributed by atoms with Crippen molar-refractivity contribution in [3.05, 3.63) is 68.6 Å². The first-order chi connectivity index (χ1) is 14.4. The summed E-state index contributed by atoms with van der Waals surface area (Å²) in [5.74, 6) is -0.576. The number of H-pyrrole nitrogens is 2. The maximum atomic E-state index is 12.3. The number of aromatic nitrogens is 3. The monoisotopic (exact) mass is 450 g/mol. The zero-order valence-corrected chi connectivity index (χ0v) is 17.5. The van der Waals surface area contributed by atoms with E-state index in [1.165, 1.54) is 10.8 Å². The largest absolute Gasteiger partial charge is 0.459 e. The van der Waals surface area contributed by atoms with E-state index in [0.29, 0.717) is 12.0 Å². The third kappa shape index (κ3) is 4.88. The Hall–Kier alpha value is -2.92. The molecule has 1 aliphatic heterocycles. The quantitative estimate of drug-likeness (QED) is 0.470. The van der Waals surface area contributed by atoms with Gasteiger partial charge >= 0.3 is 11.7 Å². The van der Waals surface area contributed by atoms with Crippen LogP contribution in [0.25, 0.3) is 10.9 Å². The van der Waals surface area contributed by atoms with Crippen molar-refractivity contribution >= 4 is 29.3 Å². The number of ether oxygens (including phenoxy) is 3. The molecule has 4 rings (SSSR count). The Labute approximate surface area is 182 Å². The highest BCUT2D eigenvalue weighted by molar-refractivity contribution is 5.85. The van der Waals surface area contributed by atoms with Crippen molar-refractivity contribution in [1.82, 2.24) is 14.5 Å². The van der Waals surface area contributed by atoms with E-state index in [1.807, 2.05) is 30.5 Å². The molecule has 0 radical (unpaired) electrons. The summed E-state index contributed by atoms with van der Waals surface area (Å²) in [4.78, 5) is 41.1. The molecule has 1 aromatic carbocycles. The number of fused-ring (bicyclic) bond motifs is 1. The molecule has 3 atom stereocenters. The number of para-hydroxylation sites is 1. The molecule has 3 heterocycles. The Kier molecular flexibility index (Phi) is 6.96. The van der Waals surface area contributed by atoms with Gasteiger partial charge in [0.1, 0.15) is 12.6 Å². The van der Waals surface area contributed by atoms with Crippen LogP contribution < -0.4 is 17.0 Å². The molecule has 4 N–H and O–H groups in total. The molecule has 1 saturated heterocycles. The Morgan fingerprint density at radius 3 is 2.94 bits per heavy atom. The summed E-state index contributed by atoms with van der Waals surface area (Å²) in [5, 5.41) is 1.01. The molecule has 10 nitrogen and oxygen atoms in total. The lowest BCUT2D eigenvalue weighted by molar-refractivity contribution is -0.160. The highest BCUT2D eigenvalue weighted by Crippen LogP contribution is 2.21. The second-order valence-electron chi connectivity index (χ2n) is 7.13. The van der Waals surface area contributed by atoms with Gasteiger partial charge in [-0.2, -0.15) is 0 Å². The molecule has 31 heavy (non-hydrogen) atoms. The smallest absolute Gasteiger partial charge is 0.330 e. The third-order valence-corrected chi connectivity index (χ3v) is 4.97. The van der Waals surface area contributed by atoms with Gasteiger partial charge in [-0.05, 0) is 18.6 Å². The van der Waals surface area contributed by atoms with E-state index in [1.54, 1.807) is 6.92 Å². The molecule has 1 fully saturated rings. The Morgan fingerprint density at radius 2 is 2.13 bits per heavy atom. The summed E-state index contributed by atoms with van der Waals surface area (Å²) in [6.07, 6.45) is 2.00. The van der Waals surface area contributed by atoms with Gasteiger partial charge in [-0.15, -0.1) is 12.4 Å². The number of aromatic amines is 2. The molecule has 0 aliphatic carbocycles. The number of carbonyl (C=O) groups excluding carboxylic acids is 1. The highest BCUT2D eigenvalue weighted by Gasteiger charge is 2.30. The van der Waals surface area contributed by atoms with Gasteiger partial charge < -0.3 is 24.9 Å². The van der Waals surface area contributed by atoms with E-state index < -0.39 is 35.8 Å². The van der Waals surface area contributed by atoms with Crippen LogP contribution in [0.1, 0.15) is 17.4 Å². The van der Waals surface area contributed by atoms with Crippen LogP contribution in [0.2, 0.25) is 0 Å². The maximum Gasteiger partial charge on any atom is 0.330 e. The lowest BCUT2D eigenvalue weighted by Crippen LogP contribution is -2.36. The third-order valence-electron chi connectivity index (χ3n) is 4.97. The first-order valence-corrected chi connectivity index (χ1v) is 9.48. The first-order valence-electron chi connectivity index (χ1n) is 9.48. The maximum absolute atomic E-state index is 12.3. The van der Waals surface area contributed by atoms with Gasteiger partial charge in [0.15, 0.2) is 12.5 Å². The van der Waals surface area contributed by atoms with E-state index in [-0.39, 0.29) is 25.6 Å². The van der Waals surface area contributed by atoms with Crippen molar-refractivity contribution in [1.29, 1.82) is 0 Å². The van der Waals surface area contributed by atoms with Gasteiger partial charge in [-0.1, -0.05) is 18.2 Å². The highest BCUT2D eigenvalue weighted by atomic mass is 35.5. The minimum absolute atomic E-state index is 0. The number of halogens is 1. The summed E-state index contributed by atoms with van der Waals surface area (Å²) >= 11 is 0. The molecule has 0 bridgehead atoms. The topological polar surface area (TPSA) is 141 Å². The van der Waals surface area contributed by atoms with Gasteiger partial charge in [0, 0.05) is 35.3 Å². The first kappa shape index (κ1) is 22.8. The molecule has 0 spiro atoms. The van der Waals surface area contributed by atoms with Crippen LogP contribution in [0.4, 0.5) is 0 Å². The fourth-order valence-corrected chi connectivity index (χ4v) is 3.35. The number of rotatable bonds is 6. The molecule has 3 aromatic rings. The van der Waals surface area contributed by atoms with Crippen LogP contribution >= 0.6 is 12.4 Å². The molecular weight excluding hydrogens is 428 g/mol. The van der Waals surface area contributed by atoms with Gasteiger partial charge in [0.2, 0.25) is 0 Å². The van der Waals surface area contributed by atoms with Gasteiger partial charge in [0.05, 0.1) is 6.61 Å². The van der Waals surface area contributed by atoms with E-state index in [0.717, 1.165) is 16.5 Å². The number of benzene rings is 1. The van der Waals surface area contributed by atoms with Crippen molar-refractivity contribution in [3.63, 3.8) is 0 Å². The zero-order valence-electron chi connectivity index (χ0n) is 16.7. The van der Waals surface area contributed by atoms with Crippen molar-refractivity contribution in [2.75, 3.05) is 13.2 Å². The van der Waals surface area contributed by atoms with E-state index >= 15 is 0 Å². The van der Waals surface area contributed by atoms with Crippen LogP contribution in [0.5, 0.6) is 0 Å². The fraction of sp³-hybridized carbons (Fsp3) is 0.350. The Bertz CT molecular complexity index is 1190. The summed E-state index contributed by atoms with van der Waals surface area (Å²) in [7, 11) is 0. The van der Waals surface area contributed by atoms with Crippen LogP contribution in [0.15, 0.2) is 46.2 Å². The van der Waals surface area contributed by atoms with E-state index in [9.17, 15) is 14.4 Å². The van der Waals surface area contributed by atoms with Crippen LogP contribution in [0.3, 0.4) is 0 Å². The number of hydrogen-bond acceptors (Lipinski definition) is 7. The molecule has 2 aromatic heterocycles. The normalized spacial score (nSPS) is 19.2. The number of carbonyl (C=O) groups is 1. The molecule has 0 unspecified atom stereocenters. The number of nitrogens with one attached hydrogen (secondary N) is 2. The SMILES string of the molecule is Cc1cn([C@H]2CO[C@@H](COC(=O)[C@@H](N)Cc3c[nH]c4ccccc34)O2)c(=O)[nH]c1=O.Cl. The molecule has 0 amide bonds. The average Bonchev–Trinajstić information content (AvgIpc) is 3.36. The number of aryl methyl sites for hydroxylation is 1. The summed E-state index contributed by atoms with van der Waals surface area (Å²) in [6, 6.07) is 6.91. The Balaban J connectivity index is 0.00000272. The van der Waals surface area contributed by atoms with Crippen LogP contribution in [-0.4, -0.2) is 46.0 Å². The Morgan fingerprint density at radius 1 is 1.35 bits per heavy atom. The minimum atomic E-state index is -0.842. The fourth-order valence-electron chi connectivity index (χ4n) is 3.35. The van der Waals surface area contributed by atoms with Crippen LogP contribution in [0, 0.1) is 6.92 Å². The predicted octanol–water partition coefficient (Wildman–Crippen LogP) is 0.733. The molecule has 1 aliphatic rings. The second-order valence-corrected chi connectivity index (χ2v) is 7.13. The molecule has 166 valence electrons. The number of hydrogen-bond donors (Lipinski definition) is 3. The molecule has 0 saturated carbocycles. The number of esters is 1. The van der Waals surface area contributed by atoms with Crippen LogP contribution in [-0.2, 0) is 25.4 Å². The lowest BCUT2D eigenvalue weighted by atomic mass is 10.1. The van der Waals surface area contributed by atoms with E-state index in [2.05, 4.69) is 9.97 Å². The number of nitrogens with zero attached hydrogens (tertiary/aromatic N) is 1. The average molecular weight is 451 g/mol. The second kappa shape index (κ2) is 9.48. The van der Waals surface area contributed by atoms with Gasteiger partial charge in [-0.3, -0.25) is 19.1 Å². The van der Waals surface area contributed by atoms with Gasteiger partial charge in [-0.25, -0.2) is 4.79 Å². The standard InChI is InChI=1S/C20H22N4O6.ClH/c1-11-8-24(20(27)23-18(11)25)16-9-28-17(30-16)10-29-19(26)14(21)6-12-7-22-15-5-3-2-4-13(12)15;/h2-5,7-8,14,16-17,22H,6,9-10,21H2,1H3,(H,23,25,27);1H/t14-,16+,17+;/m0./s1. The predicted molar refractivity (Wildman–Crippen MR) is 114 cm³/mol. The summed E-state index contributed by atoms with van der Waals surface area (Å²) in [5.41, 5.74) is 7.22. The van der Waals surface area contributed by atoms with Crippen molar-refractivity contribution in [2.24, 2.45) is 5.73 Å². The zero-order chi connectivity index (χ0) is 21.3. The van der Waals surface area contributed by atoms with Crippen molar-refractivity contribution in [2.45, 2.75) is 31.9 Å². The van der Waals surface area contributed by atoms with E-state index in [4.69, 9.17) is 19.9 Å². The van der Waals surface area contributed by atoms with Crippen molar-refractivity contribution in [3.8, 4) is 0 Å².